The lowest BCUT2D eigenvalue weighted by Gasteiger charge is -2.31. The van der Waals surface area contributed by atoms with Crippen molar-refractivity contribution >= 4 is 55.1 Å². The zero-order chi connectivity index (χ0) is 15.6. The van der Waals surface area contributed by atoms with Gasteiger partial charge in [0.2, 0.25) is 0 Å². The molecule has 6 heteroatoms. The Labute approximate surface area is 152 Å². The lowest BCUT2D eigenvalue weighted by molar-refractivity contribution is 0.523. The second-order valence-electron chi connectivity index (χ2n) is 5.17. The van der Waals surface area contributed by atoms with E-state index >= 15 is 0 Å². The Morgan fingerprint density at radius 2 is 1.81 bits per heavy atom. The average molecular weight is 455 g/mol. The van der Waals surface area contributed by atoms with Crippen LogP contribution in [0.3, 0.4) is 0 Å². The van der Waals surface area contributed by atoms with E-state index in [1.807, 2.05) is 36.9 Å². The van der Waals surface area contributed by atoms with Crippen LogP contribution in [-0.4, -0.2) is 20.4 Å². The minimum Gasteiger partial charge on any atom is -0.271 e. The van der Waals surface area contributed by atoms with E-state index in [1.54, 1.807) is 0 Å². The third kappa shape index (κ3) is 3.34. The number of rotatable bonds is 5. The minimum atomic E-state index is -0.178. The van der Waals surface area contributed by atoms with Crippen molar-refractivity contribution < 1.29 is 0 Å². The maximum Gasteiger partial charge on any atom is 0.0847 e. The standard InChI is InChI=1S/C15H16Br2Cl2N2/c1-10-14(19)13(21(2)20-10)7-15(8-16,9-17)11-5-3-4-6-12(11)18/h3-6H,7-9H2,1-2H3. The third-order valence-electron chi connectivity index (χ3n) is 3.72. The van der Waals surface area contributed by atoms with E-state index in [2.05, 4.69) is 43.0 Å². The lowest BCUT2D eigenvalue weighted by Crippen LogP contribution is -2.34. The van der Waals surface area contributed by atoms with Gasteiger partial charge in [-0.2, -0.15) is 5.10 Å². The SMILES string of the molecule is Cc1nn(C)c(CC(CBr)(CBr)c2ccccc2Cl)c1Cl. The average Bonchev–Trinajstić information content (AvgIpc) is 2.71. The molecular weight excluding hydrogens is 439 g/mol. The van der Waals surface area contributed by atoms with E-state index in [1.165, 1.54) is 0 Å². The normalized spacial score (nSPS) is 11.9. The highest BCUT2D eigenvalue weighted by atomic mass is 79.9. The Hall–Kier alpha value is -0.0300. The molecule has 1 aromatic heterocycles. The van der Waals surface area contributed by atoms with Gasteiger partial charge < -0.3 is 0 Å². The maximum atomic E-state index is 6.42. The van der Waals surface area contributed by atoms with Crippen molar-refractivity contribution in [3.05, 3.63) is 51.3 Å². The molecule has 1 heterocycles. The molecule has 0 radical (unpaired) electrons. The Morgan fingerprint density at radius 3 is 2.29 bits per heavy atom. The molecule has 21 heavy (non-hydrogen) atoms. The first-order chi connectivity index (χ1) is 9.95. The number of aryl methyl sites for hydroxylation is 2. The summed E-state index contributed by atoms with van der Waals surface area (Å²) in [6.45, 7) is 1.92. The van der Waals surface area contributed by atoms with Crippen LogP contribution >= 0.6 is 55.1 Å². The summed E-state index contributed by atoms with van der Waals surface area (Å²) in [5, 5.41) is 7.45. The van der Waals surface area contributed by atoms with Crippen LogP contribution in [0.15, 0.2) is 24.3 Å². The first-order valence-corrected chi connectivity index (χ1v) is 9.50. The summed E-state index contributed by atoms with van der Waals surface area (Å²) < 4.78 is 1.86. The first kappa shape index (κ1) is 17.3. The quantitative estimate of drug-likeness (QED) is 0.560. The highest BCUT2D eigenvalue weighted by molar-refractivity contribution is 9.09. The molecule has 0 saturated heterocycles. The number of hydrogen-bond donors (Lipinski definition) is 0. The molecule has 0 bridgehead atoms. The maximum absolute atomic E-state index is 6.42. The van der Waals surface area contributed by atoms with Gasteiger partial charge in [-0.1, -0.05) is 73.3 Å². The molecule has 0 spiro atoms. The van der Waals surface area contributed by atoms with E-state index in [0.29, 0.717) is 0 Å². The first-order valence-electron chi connectivity index (χ1n) is 6.50. The van der Waals surface area contributed by atoms with Gasteiger partial charge in [0.1, 0.15) is 0 Å². The Morgan fingerprint density at radius 1 is 1.19 bits per heavy atom. The summed E-state index contributed by atoms with van der Waals surface area (Å²) in [6, 6.07) is 7.95. The molecule has 2 rings (SSSR count). The van der Waals surface area contributed by atoms with Crippen molar-refractivity contribution in [2.24, 2.45) is 7.05 Å². The zero-order valence-corrected chi connectivity index (χ0v) is 16.5. The molecule has 0 N–H and O–H groups in total. The van der Waals surface area contributed by atoms with Crippen LogP contribution in [0.1, 0.15) is 17.0 Å². The van der Waals surface area contributed by atoms with E-state index in [0.717, 1.165) is 44.1 Å². The van der Waals surface area contributed by atoms with Gasteiger partial charge in [-0.25, -0.2) is 0 Å². The van der Waals surface area contributed by atoms with Crippen molar-refractivity contribution in [2.45, 2.75) is 18.8 Å². The van der Waals surface area contributed by atoms with E-state index in [4.69, 9.17) is 23.2 Å². The van der Waals surface area contributed by atoms with Crippen LogP contribution < -0.4 is 0 Å². The summed E-state index contributed by atoms with van der Waals surface area (Å²) in [4.78, 5) is 0. The topological polar surface area (TPSA) is 17.8 Å². The van der Waals surface area contributed by atoms with Gasteiger partial charge >= 0.3 is 0 Å². The largest absolute Gasteiger partial charge is 0.271 e. The summed E-state index contributed by atoms with van der Waals surface area (Å²) in [5.41, 5.74) is 2.80. The minimum absolute atomic E-state index is 0.178. The molecule has 0 aliphatic heterocycles. The van der Waals surface area contributed by atoms with Crippen molar-refractivity contribution in [2.75, 3.05) is 10.7 Å². The Bertz CT molecular complexity index is 637. The zero-order valence-electron chi connectivity index (χ0n) is 11.8. The fraction of sp³-hybridized carbons (Fsp3) is 0.400. The Balaban J connectivity index is 2.51. The van der Waals surface area contributed by atoms with Crippen molar-refractivity contribution in [3.8, 4) is 0 Å². The molecule has 0 aliphatic rings. The van der Waals surface area contributed by atoms with Crippen LogP contribution in [-0.2, 0) is 18.9 Å². The van der Waals surface area contributed by atoms with Crippen LogP contribution in [0.25, 0.3) is 0 Å². The van der Waals surface area contributed by atoms with Crippen LogP contribution in [0.2, 0.25) is 10.0 Å². The monoisotopic (exact) mass is 452 g/mol. The fourth-order valence-electron chi connectivity index (χ4n) is 2.45. The third-order valence-corrected chi connectivity index (χ3v) is 6.69. The highest BCUT2D eigenvalue weighted by Crippen LogP contribution is 2.38. The molecule has 0 fully saturated rings. The van der Waals surface area contributed by atoms with Crippen molar-refractivity contribution in [1.82, 2.24) is 9.78 Å². The molecule has 2 nitrogen and oxygen atoms in total. The van der Waals surface area contributed by atoms with Gasteiger partial charge in [0.15, 0.2) is 0 Å². The second kappa shape index (κ2) is 7.03. The highest BCUT2D eigenvalue weighted by Gasteiger charge is 2.34. The van der Waals surface area contributed by atoms with Gasteiger partial charge in [-0.05, 0) is 18.6 Å². The molecule has 0 saturated carbocycles. The van der Waals surface area contributed by atoms with Crippen LogP contribution in [0.5, 0.6) is 0 Å². The Kier molecular flexibility index (Phi) is 5.80. The molecule has 114 valence electrons. The van der Waals surface area contributed by atoms with E-state index in [-0.39, 0.29) is 5.41 Å². The van der Waals surface area contributed by atoms with Gasteiger partial charge in [-0.3, -0.25) is 4.68 Å². The fourth-order valence-corrected chi connectivity index (χ4v) is 4.95. The summed E-state index contributed by atoms with van der Waals surface area (Å²) in [6.07, 6.45) is 0.753. The second-order valence-corrected chi connectivity index (χ2v) is 7.08. The molecule has 0 aliphatic carbocycles. The molecule has 1 aromatic carbocycles. The van der Waals surface area contributed by atoms with Gasteiger partial charge in [0.25, 0.3) is 0 Å². The van der Waals surface area contributed by atoms with Crippen molar-refractivity contribution in [3.63, 3.8) is 0 Å². The number of halogens is 4. The van der Waals surface area contributed by atoms with Crippen LogP contribution in [0.4, 0.5) is 0 Å². The number of hydrogen-bond acceptors (Lipinski definition) is 1. The predicted molar refractivity (Wildman–Crippen MR) is 97.4 cm³/mol. The number of alkyl halides is 2. The summed E-state index contributed by atoms with van der Waals surface area (Å²) in [7, 11) is 1.92. The number of nitrogens with zero attached hydrogens (tertiary/aromatic N) is 2. The molecule has 2 aromatic rings. The van der Waals surface area contributed by atoms with Crippen LogP contribution in [0, 0.1) is 6.92 Å². The van der Waals surface area contributed by atoms with Gasteiger partial charge in [-0.15, -0.1) is 0 Å². The van der Waals surface area contributed by atoms with Crippen molar-refractivity contribution in [1.29, 1.82) is 0 Å². The van der Waals surface area contributed by atoms with Gasteiger partial charge in [0, 0.05) is 34.6 Å². The molecular formula is C15H16Br2Cl2N2. The predicted octanol–water partition coefficient (Wildman–Crippen LogP) is 5.31. The number of aromatic nitrogens is 2. The van der Waals surface area contributed by atoms with Gasteiger partial charge in [0.05, 0.1) is 16.4 Å². The molecule has 0 unspecified atom stereocenters. The molecule has 0 atom stereocenters. The molecule has 0 amide bonds. The number of benzene rings is 1. The van der Waals surface area contributed by atoms with E-state index < -0.39 is 0 Å². The smallest absolute Gasteiger partial charge is 0.0847 e. The summed E-state index contributed by atoms with van der Waals surface area (Å²) >= 11 is 20.1. The van der Waals surface area contributed by atoms with E-state index in [9.17, 15) is 0 Å². The summed E-state index contributed by atoms with van der Waals surface area (Å²) in [5.74, 6) is 0. The lowest BCUT2D eigenvalue weighted by atomic mass is 9.80.